The number of nitrogens with zero attached hydrogens (tertiary/aromatic N) is 1. The van der Waals surface area contributed by atoms with Crippen LogP contribution in [0, 0.1) is 0 Å². The predicted octanol–water partition coefficient (Wildman–Crippen LogP) is 4.25. The zero-order valence-electron chi connectivity index (χ0n) is 12.3. The third kappa shape index (κ3) is 2.80. The van der Waals surface area contributed by atoms with Gasteiger partial charge in [0.2, 0.25) is 6.79 Å². The first-order chi connectivity index (χ1) is 11.2. The number of benzene rings is 2. The Morgan fingerprint density at radius 2 is 2.22 bits per heavy atom. The van der Waals surface area contributed by atoms with E-state index >= 15 is 0 Å². The molecule has 2 aromatic carbocycles. The van der Waals surface area contributed by atoms with Crippen molar-refractivity contribution in [3.63, 3.8) is 0 Å². The quantitative estimate of drug-likeness (QED) is 0.714. The zero-order chi connectivity index (χ0) is 15.8. The van der Waals surface area contributed by atoms with Crippen molar-refractivity contribution in [2.24, 2.45) is 0 Å². The van der Waals surface area contributed by atoms with Gasteiger partial charge in [-0.15, -0.1) is 0 Å². The number of methoxy groups -OCH3 is 1. The van der Waals surface area contributed by atoms with E-state index in [1.807, 2.05) is 30.3 Å². The highest BCUT2D eigenvalue weighted by molar-refractivity contribution is 7.98. The summed E-state index contributed by atoms with van der Waals surface area (Å²) < 4.78 is 15.9. The monoisotopic (exact) mass is 348 g/mol. The SMILES string of the molecule is COc1ccc2nc(SCc3cc(Cl)c4c(c3)OCO4)[nH]c2c1. The number of imidazole rings is 1. The van der Waals surface area contributed by atoms with Crippen LogP contribution in [0.2, 0.25) is 5.02 Å². The van der Waals surface area contributed by atoms with Crippen molar-refractivity contribution in [3.8, 4) is 17.2 Å². The number of aromatic nitrogens is 2. The molecule has 0 saturated carbocycles. The Labute approximate surface area is 141 Å². The van der Waals surface area contributed by atoms with Crippen LogP contribution in [0.25, 0.3) is 11.0 Å². The molecule has 0 spiro atoms. The van der Waals surface area contributed by atoms with Crippen molar-refractivity contribution >= 4 is 34.4 Å². The molecular formula is C16H13ClN2O3S. The van der Waals surface area contributed by atoms with Crippen molar-refractivity contribution in [2.45, 2.75) is 10.9 Å². The largest absolute Gasteiger partial charge is 0.497 e. The summed E-state index contributed by atoms with van der Waals surface area (Å²) in [6, 6.07) is 9.62. The maximum atomic E-state index is 6.20. The molecule has 1 N–H and O–H groups in total. The minimum Gasteiger partial charge on any atom is -0.497 e. The summed E-state index contributed by atoms with van der Waals surface area (Å²) in [5, 5.41) is 1.42. The average Bonchev–Trinajstić information content (AvgIpc) is 3.18. The van der Waals surface area contributed by atoms with Gasteiger partial charge >= 0.3 is 0 Å². The second-order valence-electron chi connectivity index (χ2n) is 5.03. The normalized spacial score (nSPS) is 12.8. The third-order valence-electron chi connectivity index (χ3n) is 3.53. The second kappa shape index (κ2) is 5.86. The number of halogens is 1. The molecule has 4 rings (SSSR count). The van der Waals surface area contributed by atoms with Crippen LogP contribution in [0.4, 0.5) is 0 Å². The highest BCUT2D eigenvalue weighted by atomic mass is 35.5. The van der Waals surface area contributed by atoms with Crippen LogP contribution < -0.4 is 14.2 Å². The molecule has 7 heteroatoms. The highest BCUT2D eigenvalue weighted by Crippen LogP contribution is 2.40. The van der Waals surface area contributed by atoms with Gasteiger partial charge in [0, 0.05) is 11.8 Å². The van der Waals surface area contributed by atoms with E-state index < -0.39 is 0 Å². The Hall–Kier alpha value is -2.05. The van der Waals surface area contributed by atoms with Crippen molar-refractivity contribution in [1.29, 1.82) is 0 Å². The van der Waals surface area contributed by atoms with Crippen LogP contribution in [0.3, 0.4) is 0 Å². The van der Waals surface area contributed by atoms with Gasteiger partial charge in [-0.25, -0.2) is 4.98 Å². The first-order valence-corrected chi connectivity index (χ1v) is 8.34. The lowest BCUT2D eigenvalue weighted by molar-refractivity contribution is 0.174. The van der Waals surface area contributed by atoms with Crippen molar-refractivity contribution in [1.82, 2.24) is 9.97 Å². The van der Waals surface area contributed by atoms with E-state index in [0.29, 0.717) is 16.5 Å². The van der Waals surface area contributed by atoms with E-state index in [1.165, 1.54) is 0 Å². The number of rotatable bonds is 4. The minimum atomic E-state index is 0.219. The van der Waals surface area contributed by atoms with Gasteiger partial charge in [-0.3, -0.25) is 0 Å². The molecule has 2 heterocycles. The summed E-state index contributed by atoms with van der Waals surface area (Å²) in [6.07, 6.45) is 0. The van der Waals surface area contributed by atoms with Gasteiger partial charge in [-0.05, 0) is 29.8 Å². The molecule has 118 valence electrons. The predicted molar refractivity (Wildman–Crippen MR) is 89.8 cm³/mol. The number of nitrogens with one attached hydrogen (secondary N) is 1. The number of aromatic amines is 1. The summed E-state index contributed by atoms with van der Waals surface area (Å²) in [5.74, 6) is 2.85. The Morgan fingerprint density at radius 3 is 3.09 bits per heavy atom. The lowest BCUT2D eigenvalue weighted by Crippen LogP contribution is -1.93. The number of hydrogen-bond acceptors (Lipinski definition) is 5. The van der Waals surface area contributed by atoms with Gasteiger partial charge in [-0.1, -0.05) is 23.4 Å². The van der Waals surface area contributed by atoms with Crippen molar-refractivity contribution in [2.75, 3.05) is 13.9 Å². The fraction of sp³-hybridized carbons (Fsp3) is 0.188. The van der Waals surface area contributed by atoms with Crippen molar-refractivity contribution < 1.29 is 14.2 Å². The summed E-state index contributed by atoms with van der Waals surface area (Å²) in [4.78, 5) is 7.85. The summed E-state index contributed by atoms with van der Waals surface area (Å²) >= 11 is 7.81. The number of hydrogen-bond donors (Lipinski definition) is 1. The third-order valence-corrected chi connectivity index (χ3v) is 4.76. The molecule has 3 aromatic rings. The average molecular weight is 349 g/mol. The highest BCUT2D eigenvalue weighted by Gasteiger charge is 2.18. The van der Waals surface area contributed by atoms with Crippen LogP contribution in [-0.4, -0.2) is 23.9 Å². The van der Waals surface area contributed by atoms with Crippen LogP contribution in [0.15, 0.2) is 35.5 Å². The molecule has 0 aliphatic carbocycles. The topological polar surface area (TPSA) is 56.4 Å². The van der Waals surface area contributed by atoms with Crippen LogP contribution in [0.1, 0.15) is 5.56 Å². The molecule has 0 bridgehead atoms. The molecule has 0 atom stereocenters. The first-order valence-electron chi connectivity index (χ1n) is 6.97. The van der Waals surface area contributed by atoms with Crippen LogP contribution in [0.5, 0.6) is 17.2 Å². The molecule has 1 aliphatic heterocycles. The Balaban J connectivity index is 1.54. The van der Waals surface area contributed by atoms with E-state index in [-0.39, 0.29) is 6.79 Å². The van der Waals surface area contributed by atoms with Crippen molar-refractivity contribution in [3.05, 3.63) is 40.9 Å². The van der Waals surface area contributed by atoms with E-state index in [2.05, 4.69) is 9.97 Å². The van der Waals surface area contributed by atoms with E-state index in [1.54, 1.807) is 18.9 Å². The lowest BCUT2D eigenvalue weighted by Gasteiger charge is -2.03. The lowest BCUT2D eigenvalue weighted by atomic mass is 10.2. The first kappa shape index (κ1) is 14.5. The molecule has 1 aliphatic rings. The Morgan fingerprint density at radius 1 is 1.30 bits per heavy atom. The Kier molecular flexibility index (Phi) is 3.71. The van der Waals surface area contributed by atoms with Gasteiger partial charge in [0.05, 0.1) is 23.2 Å². The van der Waals surface area contributed by atoms with E-state index in [0.717, 1.165) is 33.3 Å². The molecule has 0 fully saturated rings. The molecule has 0 radical (unpaired) electrons. The summed E-state index contributed by atoms with van der Waals surface area (Å²) in [5.41, 5.74) is 2.93. The van der Waals surface area contributed by atoms with E-state index in [4.69, 9.17) is 25.8 Å². The molecule has 5 nitrogen and oxygen atoms in total. The van der Waals surface area contributed by atoms with Gasteiger partial charge in [0.15, 0.2) is 16.7 Å². The summed E-state index contributed by atoms with van der Waals surface area (Å²) in [7, 11) is 1.65. The molecule has 1 aromatic heterocycles. The van der Waals surface area contributed by atoms with Gasteiger partial charge in [-0.2, -0.15) is 0 Å². The van der Waals surface area contributed by atoms with Crippen LogP contribution in [-0.2, 0) is 5.75 Å². The molecular weight excluding hydrogens is 336 g/mol. The molecule has 0 unspecified atom stereocenters. The zero-order valence-corrected chi connectivity index (χ0v) is 13.8. The number of ether oxygens (including phenoxy) is 3. The number of fused-ring (bicyclic) bond motifs is 2. The number of H-pyrrole nitrogens is 1. The maximum absolute atomic E-state index is 6.20. The summed E-state index contributed by atoms with van der Waals surface area (Å²) in [6.45, 7) is 0.219. The van der Waals surface area contributed by atoms with Crippen LogP contribution >= 0.6 is 23.4 Å². The maximum Gasteiger partial charge on any atom is 0.231 e. The fourth-order valence-electron chi connectivity index (χ4n) is 2.42. The van der Waals surface area contributed by atoms with E-state index in [9.17, 15) is 0 Å². The van der Waals surface area contributed by atoms with Gasteiger partial charge in [0.1, 0.15) is 5.75 Å². The smallest absolute Gasteiger partial charge is 0.231 e. The van der Waals surface area contributed by atoms with Gasteiger partial charge < -0.3 is 19.2 Å². The fourth-order valence-corrected chi connectivity index (χ4v) is 3.52. The molecule has 0 amide bonds. The molecule has 0 saturated heterocycles. The second-order valence-corrected chi connectivity index (χ2v) is 6.40. The van der Waals surface area contributed by atoms with Gasteiger partial charge in [0.25, 0.3) is 0 Å². The Bertz CT molecular complexity index is 881. The standard InChI is InChI=1S/C16H13ClN2O3S/c1-20-10-2-3-12-13(6-10)19-16(18-12)23-7-9-4-11(17)15-14(5-9)21-8-22-15/h2-6H,7-8H2,1H3,(H,18,19). The minimum absolute atomic E-state index is 0.219. The molecule has 23 heavy (non-hydrogen) atoms. The number of thioether (sulfide) groups is 1.